The molecule has 3 nitrogen and oxygen atoms in total. The van der Waals surface area contributed by atoms with Crippen molar-refractivity contribution in [1.29, 1.82) is 0 Å². The van der Waals surface area contributed by atoms with E-state index in [1.54, 1.807) is 13.2 Å². The Labute approximate surface area is 76.7 Å². The second-order valence-electron chi connectivity index (χ2n) is 2.44. The maximum absolute atomic E-state index is 12.7. The van der Waals surface area contributed by atoms with Crippen LogP contribution >= 0.6 is 0 Å². The fraction of sp³-hybridized carbons (Fsp3) is 0.222. The van der Waals surface area contributed by atoms with Crippen molar-refractivity contribution in [2.24, 2.45) is 0 Å². The molecule has 0 aliphatic rings. The molecule has 0 spiro atoms. The number of hydrogen-bond acceptors (Lipinski definition) is 3. The third kappa shape index (κ3) is 2.43. The fourth-order valence-electron chi connectivity index (χ4n) is 0.907. The van der Waals surface area contributed by atoms with Gasteiger partial charge in [0, 0.05) is 13.1 Å². The third-order valence-corrected chi connectivity index (χ3v) is 1.51. The molecule has 0 radical (unpaired) electrons. The second kappa shape index (κ2) is 4.45. The van der Waals surface area contributed by atoms with Crippen LogP contribution in [0.15, 0.2) is 24.5 Å². The topological polar surface area (TPSA) is 37.0 Å². The highest BCUT2D eigenvalue weighted by molar-refractivity contribution is 5.64. The van der Waals surface area contributed by atoms with Crippen molar-refractivity contribution in [3.63, 3.8) is 0 Å². The van der Waals surface area contributed by atoms with Crippen LogP contribution in [0.5, 0.6) is 0 Å². The van der Waals surface area contributed by atoms with Crippen molar-refractivity contribution in [2.75, 3.05) is 17.7 Å². The molecule has 0 aliphatic heterocycles. The first kappa shape index (κ1) is 9.51. The predicted molar refractivity (Wildman–Crippen MR) is 52.2 cm³/mol. The molecule has 0 bridgehead atoms. The van der Waals surface area contributed by atoms with Gasteiger partial charge in [0.1, 0.15) is 5.82 Å². The van der Waals surface area contributed by atoms with Crippen LogP contribution in [0.4, 0.5) is 15.9 Å². The van der Waals surface area contributed by atoms with Crippen molar-refractivity contribution in [1.82, 2.24) is 4.98 Å². The maximum atomic E-state index is 12.7. The van der Waals surface area contributed by atoms with Crippen molar-refractivity contribution < 1.29 is 4.39 Å². The Morgan fingerprint density at radius 2 is 2.31 bits per heavy atom. The highest BCUT2D eigenvalue weighted by Gasteiger charge is 2.01. The first-order valence-electron chi connectivity index (χ1n) is 3.99. The van der Waals surface area contributed by atoms with E-state index >= 15 is 0 Å². The van der Waals surface area contributed by atoms with Crippen molar-refractivity contribution >= 4 is 11.5 Å². The minimum Gasteiger partial charge on any atom is -0.385 e. The number of pyridine rings is 1. The number of nitrogens with one attached hydrogen (secondary N) is 2. The lowest BCUT2D eigenvalue weighted by Gasteiger charge is -2.06. The van der Waals surface area contributed by atoms with E-state index < -0.39 is 0 Å². The molecule has 0 saturated carbocycles. The lowest BCUT2D eigenvalue weighted by molar-refractivity contribution is 0.622. The zero-order valence-electron chi connectivity index (χ0n) is 7.63. The SMILES string of the molecule is CC=CNc1ncc(F)cc1NC. The Morgan fingerprint density at radius 3 is 2.92 bits per heavy atom. The van der Waals surface area contributed by atoms with Gasteiger partial charge in [-0.1, -0.05) is 6.08 Å². The molecule has 0 saturated heterocycles. The average molecular weight is 181 g/mol. The van der Waals surface area contributed by atoms with Crippen LogP contribution in [0.25, 0.3) is 0 Å². The van der Waals surface area contributed by atoms with Gasteiger partial charge in [-0.05, 0) is 13.1 Å². The molecule has 0 unspecified atom stereocenters. The van der Waals surface area contributed by atoms with Gasteiger partial charge in [-0.2, -0.15) is 0 Å². The van der Waals surface area contributed by atoms with E-state index in [9.17, 15) is 4.39 Å². The molecule has 70 valence electrons. The monoisotopic (exact) mass is 181 g/mol. The first-order chi connectivity index (χ1) is 6.27. The zero-order valence-corrected chi connectivity index (χ0v) is 7.63. The number of nitrogens with zero attached hydrogens (tertiary/aromatic N) is 1. The molecule has 0 aliphatic carbocycles. The molecule has 4 heteroatoms. The summed E-state index contributed by atoms with van der Waals surface area (Å²) < 4.78 is 12.7. The number of hydrogen-bond donors (Lipinski definition) is 2. The smallest absolute Gasteiger partial charge is 0.153 e. The number of allylic oxidation sites excluding steroid dienone is 1. The van der Waals surface area contributed by atoms with E-state index in [2.05, 4.69) is 15.6 Å². The Morgan fingerprint density at radius 1 is 1.54 bits per heavy atom. The largest absolute Gasteiger partial charge is 0.385 e. The van der Waals surface area contributed by atoms with Gasteiger partial charge in [0.2, 0.25) is 0 Å². The highest BCUT2D eigenvalue weighted by Crippen LogP contribution is 2.18. The van der Waals surface area contributed by atoms with Gasteiger partial charge in [0.25, 0.3) is 0 Å². The molecule has 0 atom stereocenters. The van der Waals surface area contributed by atoms with Crippen molar-refractivity contribution in [3.8, 4) is 0 Å². The molecule has 1 heterocycles. The first-order valence-corrected chi connectivity index (χ1v) is 3.99. The zero-order chi connectivity index (χ0) is 9.68. The standard InChI is InChI=1S/C9H12FN3/c1-3-4-12-9-8(11-2)5-7(10)6-13-9/h3-6,11H,1-2H3,(H,12,13). The van der Waals surface area contributed by atoms with E-state index in [1.807, 2.05) is 13.0 Å². The van der Waals surface area contributed by atoms with Crippen LogP contribution in [0, 0.1) is 5.82 Å². The van der Waals surface area contributed by atoms with Gasteiger partial charge in [0.05, 0.1) is 11.9 Å². The Bertz CT molecular complexity index is 310. The number of aromatic nitrogens is 1. The molecule has 1 aromatic rings. The van der Waals surface area contributed by atoms with E-state index in [-0.39, 0.29) is 5.82 Å². The van der Waals surface area contributed by atoms with Crippen LogP contribution in [0.3, 0.4) is 0 Å². The summed E-state index contributed by atoms with van der Waals surface area (Å²) in [6.45, 7) is 1.88. The molecule has 2 N–H and O–H groups in total. The van der Waals surface area contributed by atoms with Crippen LogP contribution < -0.4 is 10.6 Å². The molecular formula is C9H12FN3. The van der Waals surface area contributed by atoms with Crippen molar-refractivity contribution in [3.05, 3.63) is 30.4 Å². The summed E-state index contributed by atoms with van der Waals surface area (Å²) in [5.74, 6) is 0.261. The van der Waals surface area contributed by atoms with Gasteiger partial charge < -0.3 is 10.6 Å². The fourth-order valence-corrected chi connectivity index (χ4v) is 0.907. The average Bonchev–Trinajstić information content (AvgIpc) is 2.16. The van der Waals surface area contributed by atoms with E-state index in [0.29, 0.717) is 11.5 Å². The third-order valence-electron chi connectivity index (χ3n) is 1.51. The highest BCUT2D eigenvalue weighted by atomic mass is 19.1. The van der Waals surface area contributed by atoms with E-state index in [0.717, 1.165) is 0 Å². The summed E-state index contributed by atoms with van der Waals surface area (Å²) in [5, 5.41) is 5.77. The van der Waals surface area contributed by atoms with Crippen LogP contribution in [-0.4, -0.2) is 12.0 Å². The summed E-state index contributed by atoms with van der Waals surface area (Å²) in [4.78, 5) is 3.89. The van der Waals surface area contributed by atoms with Gasteiger partial charge in [0.15, 0.2) is 5.82 Å². The van der Waals surface area contributed by atoms with Crippen molar-refractivity contribution in [2.45, 2.75) is 6.92 Å². The minimum atomic E-state index is -0.352. The molecule has 0 amide bonds. The number of rotatable bonds is 3. The molecule has 0 fully saturated rings. The normalized spacial score (nSPS) is 10.4. The summed E-state index contributed by atoms with van der Waals surface area (Å²) in [5.41, 5.74) is 0.637. The van der Waals surface area contributed by atoms with E-state index in [4.69, 9.17) is 0 Å². The molecule has 1 aromatic heterocycles. The Kier molecular flexibility index (Phi) is 3.25. The molecular weight excluding hydrogens is 169 g/mol. The van der Waals surface area contributed by atoms with Crippen LogP contribution in [0.2, 0.25) is 0 Å². The van der Waals surface area contributed by atoms with Crippen LogP contribution in [0.1, 0.15) is 6.92 Å². The predicted octanol–water partition coefficient (Wildman–Crippen LogP) is 2.21. The lowest BCUT2D eigenvalue weighted by Crippen LogP contribution is -1.99. The Balaban J connectivity index is 2.92. The quantitative estimate of drug-likeness (QED) is 0.750. The maximum Gasteiger partial charge on any atom is 0.153 e. The summed E-state index contributed by atoms with van der Waals surface area (Å²) >= 11 is 0. The summed E-state index contributed by atoms with van der Waals surface area (Å²) in [6.07, 6.45) is 4.75. The number of halogens is 1. The Hall–Kier alpha value is -1.58. The second-order valence-corrected chi connectivity index (χ2v) is 2.44. The van der Waals surface area contributed by atoms with Crippen LogP contribution in [-0.2, 0) is 0 Å². The van der Waals surface area contributed by atoms with Gasteiger partial charge in [-0.3, -0.25) is 0 Å². The van der Waals surface area contributed by atoms with Gasteiger partial charge in [-0.25, -0.2) is 9.37 Å². The number of anilines is 2. The van der Waals surface area contributed by atoms with Gasteiger partial charge in [-0.15, -0.1) is 0 Å². The van der Waals surface area contributed by atoms with Gasteiger partial charge >= 0.3 is 0 Å². The molecule has 0 aromatic carbocycles. The van der Waals surface area contributed by atoms with E-state index in [1.165, 1.54) is 12.3 Å². The lowest BCUT2D eigenvalue weighted by atomic mass is 10.3. The summed E-state index contributed by atoms with van der Waals surface area (Å²) in [6, 6.07) is 1.39. The molecule has 13 heavy (non-hydrogen) atoms. The molecule has 1 rings (SSSR count). The minimum absolute atomic E-state index is 0.352. The summed E-state index contributed by atoms with van der Waals surface area (Å²) in [7, 11) is 1.72.